The number of ketones is 1. The number of H-pyrrole nitrogens is 1. The number of hydrogen-bond donors (Lipinski definition) is 2. The molecule has 0 bridgehead atoms. The predicted molar refractivity (Wildman–Crippen MR) is 214 cm³/mol. The molecule has 0 aliphatic carbocycles. The first-order chi connectivity index (χ1) is 26.8. The van der Waals surface area contributed by atoms with Crippen LogP contribution in [0, 0.1) is 16.6 Å². The van der Waals surface area contributed by atoms with Gasteiger partial charge in [-0.05, 0) is 85.5 Å². The van der Waals surface area contributed by atoms with Crippen LogP contribution in [-0.2, 0) is 11.2 Å². The lowest BCUT2D eigenvalue weighted by Gasteiger charge is -2.53. The van der Waals surface area contributed by atoms with E-state index in [1.165, 1.54) is 12.1 Å². The van der Waals surface area contributed by atoms with Crippen LogP contribution in [0.3, 0.4) is 0 Å². The second kappa shape index (κ2) is 13.1. The van der Waals surface area contributed by atoms with Crippen LogP contribution in [0.5, 0.6) is 0 Å². The number of Topliss-reactive ketones (excluding diaryl/α,β-unsaturated/α-hetero) is 1. The topological polar surface area (TPSA) is 115 Å². The maximum absolute atomic E-state index is 14.9. The van der Waals surface area contributed by atoms with Crippen molar-refractivity contribution < 1.29 is 18.7 Å². The van der Waals surface area contributed by atoms with Gasteiger partial charge in [-0.3, -0.25) is 15.0 Å². The van der Waals surface area contributed by atoms with E-state index in [4.69, 9.17) is 20.1 Å². The van der Waals surface area contributed by atoms with E-state index in [1.807, 2.05) is 54.6 Å². The molecule has 9 nitrogen and oxygen atoms in total. The predicted octanol–water partition coefficient (Wildman–Crippen LogP) is 8.72. The van der Waals surface area contributed by atoms with E-state index in [2.05, 4.69) is 16.0 Å². The molecule has 55 heavy (non-hydrogen) atoms. The number of carbonyl (C=O) groups excluding carboxylic acids is 2. The number of carbonyl (C=O) groups is 2. The van der Waals surface area contributed by atoms with E-state index in [9.17, 15) is 14.0 Å². The van der Waals surface area contributed by atoms with Gasteiger partial charge in [0.1, 0.15) is 23.2 Å². The quantitative estimate of drug-likeness (QED) is 0.130. The lowest BCUT2D eigenvalue weighted by molar-refractivity contribution is -0.000485. The Morgan fingerprint density at radius 2 is 1.60 bits per heavy atom. The summed E-state index contributed by atoms with van der Waals surface area (Å²) in [5.41, 5.74) is 6.15. The van der Waals surface area contributed by atoms with Crippen LogP contribution in [-0.4, -0.2) is 65.2 Å². The highest BCUT2D eigenvalue weighted by Gasteiger charge is 2.45. The van der Waals surface area contributed by atoms with Crippen molar-refractivity contribution in [2.75, 3.05) is 42.6 Å². The van der Waals surface area contributed by atoms with Gasteiger partial charge in [-0.2, -0.15) is 0 Å². The zero-order chi connectivity index (χ0) is 37.3. The zero-order valence-corrected chi connectivity index (χ0v) is 30.6. The molecule has 11 heteroatoms. The number of ether oxygens (including phenoxy) is 1. The Morgan fingerprint density at radius 1 is 0.855 bits per heavy atom. The van der Waals surface area contributed by atoms with Crippen LogP contribution < -0.4 is 9.80 Å². The second-order valence-corrected chi connectivity index (χ2v) is 15.8. The Kier molecular flexibility index (Phi) is 7.97. The third kappa shape index (κ3) is 5.82. The Balaban J connectivity index is 0.917. The highest BCUT2D eigenvalue weighted by atomic mass is 32.1. The van der Waals surface area contributed by atoms with Crippen LogP contribution in [0.2, 0.25) is 0 Å². The van der Waals surface area contributed by atoms with E-state index < -0.39 is 11.6 Å². The van der Waals surface area contributed by atoms with Crippen molar-refractivity contribution in [3.8, 4) is 21.1 Å². The van der Waals surface area contributed by atoms with Gasteiger partial charge < -0.3 is 19.5 Å². The number of rotatable bonds is 6. The number of imidazole rings is 1. The molecule has 272 valence electrons. The van der Waals surface area contributed by atoms with Crippen LogP contribution >= 0.6 is 11.3 Å². The molecule has 3 aliphatic heterocycles. The maximum atomic E-state index is 14.9. The number of aromatic amines is 1. The fourth-order valence-corrected chi connectivity index (χ4v) is 9.45. The summed E-state index contributed by atoms with van der Waals surface area (Å²) in [4.78, 5) is 47.2. The second-order valence-electron chi connectivity index (χ2n) is 14.7. The number of amides is 1. The molecule has 0 radical (unpaired) electrons. The molecule has 3 aromatic heterocycles. The number of anilines is 2. The van der Waals surface area contributed by atoms with Crippen molar-refractivity contribution >= 4 is 62.2 Å². The number of para-hydroxylation sites is 3. The van der Waals surface area contributed by atoms with E-state index in [1.54, 1.807) is 46.6 Å². The van der Waals surface area contributed by atoms with Crippen molar-refractivity contribution in [2.24, 2.45) is 5.41 Å². The van der Waals surface area contributed by atoms with Crippen molar-refractivity contribution in [2.45, 2.75) is 19.3 Å². The van der Waals surface area contributed by atoms with E-state index in [0.717, 1.165) is 87.8 Å². The largest absolute Gasteiger partial charge is 0.381 e. The van der Waals surface area contributed by atoms with Gasteiger partial charge in [0.25, 0.3) is 5.91 Å². The minimum absolute atomic E-state index is 0.172. The van der Waals surface area contributed by atoms with Gasteiger partial charge >= 0.3 is 0 Å². The average Bonchev–Trinajstić information content (AvgIpc) is 3.81. The molecule has 2 N–H and O–H groups in total. The minimum Gasteiger partial charge on any atom is -0.381 e. The number of hydrogen-bond acceptors (Lipinski definition) is 8. The molecule has 2 saturated heterocycles. The van der Waals surface area contributed by atoms with Gasteiger partial charge in [0.05, 0.1) is 32.7 Å². The fraction of sp³-hybridized carbons (Fsp3) is 0.205. The summed E-state index contributed by atoms with van der Waals surface area (Å²) >= 11 is 1.57. The highest BCUT2D eigenvalue weighted by molar-refractivity contribution is 7.19. The van der Waals surface area contributed by atoms with E-state index in [-0.39, 0.29) is 17.0 Å². The lowest BCUT2D eigenvalue weighted by Crippen LogP contribution is -2.59. The summed E-state index contributed by atoms with van der Waals surface area (Å²) in [5.74, 6) is 0.231. The van der Waals surface area contributed by atoms with Crippen molar-refractivity contribution in [1.29, 1.82) is 5.41 Å². The monoisotopic (exact) mass is 746 g/mol. The van der Waals surface area contributed by atoms with Crippen molar-refractivity contribution in [3.63, 3.8) is 0 Å². The van der Waals surface area contributed by atoms with Crippen LogP contribution in [0.4, 0.5) is 15.9 Å². The zero-order valence-electron chi connectivity index (χ0n) is 29.8. The maximum Gasteiger partial charge on any atom is 0.258 e. The summed E-state index contributed by atoms with van der Waals surface area (Å²) in [6.45, 7) is 3.43. The molecule has 6 heterocycles. The summed E-state index contributed by atoms with van der Waals surface area (Å²) in [6.07, 6.45) is 2.54. The third-order valence-electron chi connectivity index (χ3n) is 11.3. The summed E-state index contributed by atoms with van der Waals surface area (Å²) < 4.78 is 20.5. The summed E-state index contributed by atoms with van der Waals surface area (Å²) in [5, 5.41) is 9.85. The highest BCUT2D eigenvalue weighted by Crippen LogP contribution is 2.45. The fourth-order valence-electron chi connectivity index (χ4n) is 8.26. The van der Waals surface area contributed by atoms with E-state index >= 15 is 0 Å². The Bertz CT molecular complexity index is 2660. The van der Waals surface area contributed by atoms with Gasteiger partial charge in [0, 0.05) is 65.2 Å². The molecule has 1 amide bonds. The number of nitrogens with one attached hydrogen (secondary N) is 2. The lowest BCUT2D eigenvalue weighted by atomic mass is 9.73. The summed E-state index contributed by atoms with van der Waals surface area (Å²) in [6, 6.07) is 30.7. The Hall–Kier alpha value is -6.04. The van der Waals surface area contributed by atoms with Crippen LogP contribution in [0.1, 0.15) is 44.7 Å². The number of benzene rings is 4. The van der Waals surface area contributed by atoms with Crippen molar-refractivity contribution in [1.82, 2.24) is 15.0 Å². The molecule has 4 aromatic carbocycles. The standard InChI is InChI=1S/C44H35FN6O3S/c45-30-13-14-31-36(23-30)51(18-15-29-22-37(55-40(29)31)41-47-34-7-3-4-8-35(34)48-41)43(53)27-11-9-26(10-12-27)38(46)39(52)32-21-28-5-1-2-6-33(28)49-42(32)50-24-44(25-50)16-19-54-20-17-44/h1-14,21-23,46H,15-20,24-25H2,(H,47,48). The first-order valence-electron chi connectivity index (χ1n) is 18.5. The van der Waals surface area contributed by atoms with Gasteiger partial charge in [-0.1, -0.05) is 42.5 Å². The molecule has 2 fully saturated rings. The molecule has 7 aromatic rings. The Labute approximate surface area is 319 Å². The number of nitrogens with zero attached hydrogens (tertiary/aromatic N) is 4. The van der Waals surface area contributed by atoms with E-state index in [0.29, 0.717) is 41.2 Å². The molecular formula is C44H35FN6O3S. The van der Waals surface area contributed by atoms with Crippen LogP contribution in [0.15, 0.2) is 103 Å². The smallest absolute Gasteiger partial charge is 0.258 e. The molecule has 3 aliphatic rings. The molecule has 0 unspecified atom stereocenters. The number of halogens is 1. The SMILES string of the molecule is N=C(C(=O)c1cc2ccccc2nc1N1CC2(CCOCC2)C1)c1ccc(C(=O)N2CCc3cc(-c4nc5ccccc5[nH]4)sc3-c3ccc(F)cc32)cc1. The first-order valence-corrected chi connectivity index (χ1v) is 19.3. The third-order valence-corrected chi connectivity index (χ3v) is 12.5. The number of fused-ring (bicyclic) bond motifs is 5. The van der Waals surface area contributed by atoms with Gasteiger partial charge in [-0.15, -0.1) is 11.3 Å². The minimum atomic E-state index is -0.430. The number of thiophene rings is 1. The Morgan fingerprint density at radius 3 is 2.40 bits per heavy atom. The summed E-state index contributed by atoms with van der Waals surface area (Å²) in [7, 11) is 0. The molecular weight excluding hydrogens is 712 g/mol. The molecule has 0 atom stereocenters. The number of pyridine rings is 1. The van der Waals surface area contributed by atoms with Gasteiger partial charge in [0.15, 0.2) is 0 Å². The number of aromatic nitrogens is 3. The molecule has 10 rings (SSSR count). The van der Waals surface area contributed by atoms with Gasteiger partial charge in [-0.25, -0.2) is 14.4 Å². The van der Waals surface area contributed by atoms with Crippen molar-refractivity contribution in [3.05, 3.63) is 131 Å². The molecule has 1 spiro atoms. The average molecular weight is 747 g/mol. The molecule has 0 saturated carbocycles. The first kappa shape index (κ1) is 33.5. The van der Waals surface area contributed by atoms with Crippen LogP contribution in [0.25, 0.3) is 43.1 Å². The van der Waals surface area contributed by atoms with Gasteiger partial charge in [0.2, 0.25) is 5.78 Å². The normalized spacial score (nSPS) is 16.1.